The second-order valence-electron chi connectivity index (χ2n) is 5.41. The van der Waals surface area contributed by atoms with E-state index in [1.54, 1.807) is 6.33 Å². The lowest BCUT2D eigenvalue weighted by Gasteiger charge is -2.05. The Morgan fingerprint density at radius 1 is 1.65 bits per heavy atom. The van der Waals surface area contributed by atoms with Gasteiger partial charge in [0.15, 0.2) is 11.2 Å². The summed E-state index contributed by atoms with van der Waals surface area (Å²) in [6.07, 6.45) is 2.87. The number of nitrogens with two attached hydrogens (primary N) is 1. The van der Waals surface area contributed by atoms with E-state index in [9.17, 15) is 4.79 Å². The van der Waals surface area contributed by atoms with E-state index < -0.39 is 0 Å². The molecule has 0 saturated heterocycles. The number of nitrogens with one attached hydrogen (secondary N) is 1. The van der Waals surface area contributed by atoms with Crippen molar-refractivity contribution in [1.82, 2.24) is 19.5 Å². The zero-order valence-corrected chi connectivity index (χ0v) is 9.90. The maximum atomic E-state index is 11.6. The zero-order chi connectivity index (χ0) is 12.2. The van der Waals surface area contributed by atoms with Crippen LogP contribution in [-0.4, -0.2) is 19.5 Å². The molecular formula is C11H15N5O. The summed E-state index contributed by atoms with van der Waals surface area (Å²) in [5, 5.41) is 0. The van der Waals surface area contributed by atoms with E-state index in [1.165, 1.54) is 6.42 Å². The Balaban J connectivity index is 2.03. The highest BCUT2D eigenvalue weighted by molar-refractivity contribution is 5.70. The van der Waals surface area contributed by atoms with Crippen molar-refractivity contribution in [1.29, 1.82) is 0 Å². The quantitative estimate of drug-likeness (QED) is 0.800. The standard InChI is InChI=1S/C11H15N5O/c1-11(2)3-6(11)4-16-5-13-7-8(16)14-10(12)15-9(7)17/h5-6H,3-4H2,1-2H3,(H3,12,14,15,17). The molecule has 1 saturated carbocycles. The molecule has 3 N–H and O–H groups in total. The van der Waals surface area contributed by atoms with Gasteiger partial charge in [0.2, 0.25) is 5.95 Å². The molecule has 0 bridgehead atoms. The van der Waals surface area contributed by atoms with E-state index in [1.807, 2.05) is 4.57 Å². The summed E-state index contributed by atoms with van der Waals surface area (Å²) in [4.78, 5) is 22.3. The highest BCUT2D eigenvalue weighted by Gasteiger charge is 2.45. The topological polar surface area (TPSA) is 89.6 Å². The first-order valence-corrected chi connectivity index (χ1v) is 5.68. The number of nitrogens with zero attached hydrogens (tertiary/aromatic N) is 3. The lowest BCUT2D eigenvalue weighted by molar-refractivity contribution is 0.503. The van der Waals surface area contributed by atoms with Gasteiger partial charge in [-0.25, -0.2) is 4.98 Å². The normalized spacial score (nSPS) is 21.9. The highest BCUT2D eigenvalue weighted by Crippen LogP contribution is 2.52. The van der Waals surface area contributed by atoms with E-state index in [4.69, 9.17) is 5.73 Å². The summed E-state index contributed by atoms with van der Waals surface area (Å²) in [5.74, 6) is 0.765. The lowest BCUT2D eigenvalue weighted by Crippen LogP contribution is -2.12. The summed E-state index contributed by atoms with van der Waals surface area (Å²) >= 11 is 0. The van der Waals surface area contributed by atoms with Gasteiger partial charge in [-0.1, -0.05) is 13.8 Å². The number of rotatable bonds is 2. The summed E-state index contributed by atoms with van der Waals surface area (Å²) in [6, 6.07) is 0. The van der Waals surface area contributed by atoms with E-state index in [0.717, 1.165) is 6.54 Å². The first-order valence-electron chi connectivity index (χ1n) is 5.68. The second-order valence-corrected chi connectivity index (χ2v) is 5.41. The van der Waals surface area contributed by atoms with Crippen LogP contribution in [0.5, 0.6) is 0 Å². The fourth-order valence-electron chi connectivity index (χ4n) is 2.23. The van der Waals surface area contributed by atoms with Gasteiger partial charge in [-0.2, -0.15) is 4.98 Å². The van der Waals surface area contributed by atoms with Crippen LogP contribution in [0.15, 0.2) is 11.1 Å². The van der Waals surface area contributed by atoms with Gasteiger partial charge in [0.1, 0.15) is 0 Å². The second kappa shape index (κ2) is 3.09. The molecule has 0 spiro atoms. The Morgan fingerprint density at radius 3 is 3.00 bits per heavy atom. The van der Waals surface area contributed by atoms with Crippen molar-refractivity contribution in [2.24, 2.45) is 11.3 Å². The minimum absolute atomic E-state index is 0.138. The van der Waals surface area contributed by atoms with Gasteiger partial charge in [0, 0.05) is 6.54 Å². The molecule has 0 aliphatic heterocycles. The van der Waals surface area contributed by atoms with E-state index in [0.29, 0.717) is 22.5 Å². The molecule has 0 aromatic carbocycles. The van der Waals surface area contributed by atoms with Crippen molar-refractivity contribution in [3.8, 4) is 0 Å². The van der Waals surface area contributed by atoms with Crippen molar-refractivity contribution < 1.29 is 0 Å². The maximum absolute atomic E-state index is 11.6. The van der Waals surface area contributed by atoms with Crippen LogP contribution >= 0.6 is 0 Å². The first kappa shape index (κ1) is 10.3. The molecule has 1 atom stereocenters. The van der Waals surface area contributed by atoms with Crippen molar-refractivity contribution in [2.75, 3.05) is 5.73 Å². The summed E-state index contributed by atoms with van der Waals surface area (Å²) in [5.41, 5.74) is 6.60. The average Bonchev–Trinajstić information content (AvgIpc) is 2.65. The Hall–Kier alpha value is -1.85. The first-order chi connectivity index (χ1) is 7.97. The fourth-order valence-corrected chi connectivity index (χ4v) is 2.23. The highest BCUT2D eigenvalue weighted by atomic mass is 16.1. The number of aromatic amines is 1. The Morgan fingerprint density at radius 2 is 2.35 bits per heavy atom. The third kappa shape index (κ3) is 1.60. The van der Waals surface area contributed by atoms with Crippen LogP contribution in [0, 0.1) is 11.3 Å². The molecule has 0 radical (unpaired) electrons. The predicted octanol–water partition coefficient (Wildman–Crippen LogP) is 0.748. The van der Waals surface area contributed by atoms with Crippen molar-refractivity contribution in [3.05, 3.63) is 16.7 Å². The van der Waals surface area contributed by atoms with Gasteiger partial charge in [0.05, 0.1) is 6.33 Å². The summed E-state index contributed by atoms with van der Waals surface area (Å²) in [6.45, 7) is 5.33. The van der Waals surface area contributed by atoms with Crippen LogP contribution in [0.3, 0.4) is 0 Å². The van der Waals surface area contributed by atoms with Crippen LogP contribution in [-0.2, 0) is 6.54 Å². The van der Waals surface area contributed by atoms with Gasteiger partial charge < -0.3 is 10.3 Å². The summed E-state index contributed by atoms with van der Waals surface area (Å²) in [7, 11) is 0. The van der Waals surface area contributed by atoms with Crippen LogP contribution in [0.25, 0.3) is 11.2 Å². The number of imidazole rings is 1. The molecule has 2 heterocycles. The number of H-pyrrole nitrogens is 1. The Bertz CT molecular complexity index is 639. The number of anilines is 1. The molecule has 90 valence electrons. The van der Waals surface area contributed by atoms with Crippen LogP contribution in [0.2, 0.25) is 0 Å². The average molecular weight is 233 g/mol. The molecule has 2 aromatic heterocycles. The predicted molar refractivity (Wildman–Crippen MR) is 64.4 cm³/mol. The molecule has 1 aliphatic rings. The van der Waals surface area contributed by atoms with Gasteiger partial charge >= 0.3 is 0 Å². The van der Waals surface area contributed by atoms with Crippen molar-refractivity contribution in [3.63, 3.8) is 0 Å². The lowest BCUT2D eigenvalue weighted by atomic mass is 10.1. The molecule has 6 nitrogen and oxygen atoms in total. The SMILES string of the molecule is CC1(C)CC1Cn1cnc2c(=O)[nH]c(N)nc21. The number of nitrogen functional groups attached to an aromatic ring is 1. The molecule has 3 rings (SSSR count). The molecule has 0 amide bonds. The largest absolute Gasteiger partial charge is 0.369 e. The summed E-state index contributed by atoms with van der Waals surface area (Å²) < 4.78 is 1.92. The number of hydrogen-bond acceptors (Lipinski definition) is 4. The number of hydrogen-bond donors (Lipinski definition) is 2. The third-order valence-corrected chi connectivity index (χ3v) is 3.63. The van der Waals surface area contributed by atoms with E-state index in [2.05, 4.69) is 28.8 Å². The fraction of sp³-hybridized carbons (Fsp3) is 0.545. The van der Waals surface area contributed by atoms with Gasteiger partial charge in [0.25, 0.3) is 5.56 Å². The molecule has 1 fully saturated rings. The van der Waals surface area contributed by atoms with Crippen molar-refractivity contribution in [2.45, 2.75) is 26.8 Å². The minimum atomic E-state index is -0.277. The third-order valence-electron chi connectivity index (χ3n) is 3.63. The van der Waals surface area contributed by atoms with Gasteiger partial charge in [-0.15, -0.1) is 0 Å². The maximum Gasteiger partial charge on any atom is 0.280 e. The van der Waals surface area contributed by atoms with E-state index in [-0.39, 0.29) is 11.5 Å². The Labute approximate surface area is 97.9 Å². The zero-order valence-electron chi connectivity index (χ0n) is 9.90. The Kier molecular flexibility index (Phi) is 1.87. The van der Waals surface area contributed by atoms with Crippen LogP contribution < -0.4 is 11.3 Å². The minimum Gasteiger partial charge on any atom is -0.369 e. The monoisotopic (exact) mass is 233 g/mol. The van der Waals surface area contributed by atoms with Crippen molar-refractivity contribution >= 4 is 17.1 Å². The molecular weight excluding hydrogens is 218 g/mol. The van der Waals surface area contributed by atoms with Gasteiger partial charge in [-0.05, 0) is 17.8 Å². The van der Waals surface area contributed by atoms with Crippen LogP contribution in [0.4, 0.5) is 5.95 Å². The molecule has 6 heteroatoms. The molecule has 2 aromatic rings. The molecule has 1 aliphatic carbocycles. The number of aromatic nitrogens is 4. The van der Waals surface area contributed by atoms with Gasteiger partial charge in [-0.3, -0.25) is 9.78 Å². The number of fused-ring (bicyclic) bond motifs is 1. The molecule has 17 heavy (non-hydrogen) atoms. The van der Waals surface area contributed by atoms with Crippen LogP contribution in [0.1, 0.15) is 20.3 Å². The van der Waals surface area contributed by atoms with E-state index >= 15 is 0 Å². The molecule has 1 unspecified atom stereocenters. The smallest absolute Gasteiger partial charge is 0.280 e.